The zero-order chi connectivity index (χ0) is 90.4. The Morgan fingerprint density at radius 1 is 0.261 bits per heavy atom. The normalized spacial score (nSPS) is 13.0. The van der Waals surface area contributed by atoms with Crippen LogP contribution in [-0.2, 0) is 81.5 Å². The summed E-state index contributed by atoms with van der Waals surface area (Å²) in [6.45, 7) is 13.7. The molecule has 0 saturated carbocycles. The summed E-state index contributed by atoms with van der Waals surface area (Å²) in [6, 6.07) is -7.21. The van der Waals surface area contributed by atoms with Crippen molar-refractivity contribution in [2.45, 2.75) is 399 Å². The van der Waals surface area contributed by atoms with Gasteiger partial charge in [0.2, 0.25) is 47.3 Å². The first-order valence-electron chi connectivity index (χ1n) is 43.6. The number of carboxylic acid groups (broad SMARTS) is 6. The van der Waals surface area contributed by atoms with Gasteiger partial charge in [0.05, 0.1) is 18.1 Å². The maximum absolute atomic E-state index is 12.5. The number of nitrogens with two attached hydrogens (primary N) is 3. The van der Waals surface area contributed by atoms with E-state index in [0.29, 0.717) is 90.3 Å². The summed E-state index contributed by atoms with van der Waals surface area (Å²) in [6.07, 6.45) is 30.1. The number of amides is 8. The molecule has 8 atom stereocenters. The van der Waals surface area contributed by atoms with Gasteiger partial charge >= 0.3 is 35.8 Å². The second-order valence-corrected chi connectivity index (χ2v) is 32.3. The van der Waals surface area contributed by atoms with E-state index < -0.39 is 114 Å². The summed E-state index contributed by atoms with van der Waals surface area (Å²) in [5.41, 5.74) is 17.4. The van der Waals surface area contributed by atoms with Crippen LogP contribution in [0.4, 0.5) is 0 Å². The quantitative estimate of drug-likeness (QED) is 0.0252. The summed E-state index contributed by atoms with van der Waals surface area (Å²) >= 11 is 0. The van der Waals surface area contributed by atoms with E-state index in [-0.39, 0.29) is 124 Å². The van der Waals surface area contributed by atoms with Crippen LogP contribution in [0.25, 0.3) is 0 Å². The van der Waals surface area contributed by atoms with E-state index in [0.717, 1.165) is 161 Å². The zero-order valence-corrected chi connectivity index (χ0v) is 72.7. The molecular formula is C85H153N11O23. The first kappa shape index (κ1) is 115. The van der Waals surface area contributed by atoms with Crippen molar-refractivity contribution in [1.29, 1.82) is 0 Å². The summed E-state index contributed by atoms with van der Waals surface area (Å²) in [5, 5.41) is 75.9. The van der Waals surface area contributed by atoms with Gasteiger partial charge in [-0.05, 0) is 143 Å². The number of ketones is 3. The number of rotatable bonds is 74. The number of hydrogen-bond donors (Lipinski definition) is 17. The molecule has 0 unspecified atom stereocenters. The maximum Gasteiger partial charge on any atom is 0.326 e. The third-order valence-corrected chi connectivity index (χ3v) is 20.3. The lowest BCUT2D eigenvalue weighted by atomic mass is 9.92. The van der Waals surface area contributed by atoms with Gasteiger partial charge in [0.1, 0.15) is 41.5 Å². The van der Waals surface area contributed by atoms with Crippen LogP contribution in [0.3, 0.4) is 0 Å². The first-order valence-corrected chi connectivity index (χ1v) is 43.6. The van der Waals surface area contributed by atoms with Crippen molar-refractivity contribution < 1.29 is 112 Å². The molecule has 0 aliphatic heterocycles. The minimum absolute atomic E-state index is 0.0115. The summed E-state index contributed by atoms with van der Waals surface area (Å²) in [7, 11) is 0. The molecule has 119 heavy (non-hydrogen) atoms. The summed E-state index contributed by atoms with van der Waals surface area (Å²) < 4.78 is 0. The molecule has 0 spiro atoms. The SMILES string of the molecule is CC(=O)C(C)(C)C.CC(=O)[C@@H](C)CCCCNC(=O)[C@@H](N)CCCCNC(=O)CC[C@H](NC(=O)CC[C@H](NC(=O)CCCCCCCCCCCCCCC(=O)O)C(=O)O)C(=O)O.CC(=O)[C@@H](N)CCCCNC(=O)[C@@H](N)CCCCNC(=O)CC[C@H](NC(=O)CC[C@H](NC(=O)CCCCCCCCCCCCCCC(=O)O)C(=O)O)C(=O)O. The Kier molecular flexibility index (Phi) is 70.7. The van der Waals surface area contributed by atoms with Crippen molar-refractivity contribution >= 4 is 100 Å². The van der Waals surface area contributed by atoms with Crippen LogP contribution >= 0.6 is 0 Å². The monoisotopic (exact) mass is 1700 g/mol. The number of hydrogen-bond acceptors (Lipinski definition) is 20. The van der Waals surface area contributed by atoms with Crippen LogP contribution in [0.5, 0.6) is 0 Å². The Bertz CT molecular complexity index is 2790. The third-order valence-electron chi connectivity index (χ3n) is 20.3. The molecule has 0 aromatic carbocycles. The van der Waals surface area contributed by atoms with Crippen molar-refractivity contribution in [1.82, 2.24) is 42.5 Å². The molecule has 0 aliphatic carbocycles. The average Bonchev–Trinajstić information content (AvgIpc) is 0.914. The number of carboxylic acids is 6. The Morgan fingerprint density at radius 2 is 0.479 bits per heavy atom. The molecule has 0 rings (SSSR count). The van der Waals surface area contributed by atoms with Crippen molar-refractivity contribution in [3.8, 4) is 0 Å². The highest BCUT2D eigenvalue weighted by molar-refractivity contribution is 5.89. The number of aliphatic carboxylic acids is 6. The van der Waals surface area contributed by atoms with Gasteiger partial charge in [-0.1, -0.05) is 163 Å². The molecule has 8 amide bonds. The molecule has 20 N–H and O–H groups in total. The lowest BCUT2D eigenvalue weighted by Crippen LogP contribution is -2.44. The second kappa shape index (κ2) is 73.4. The Labute approximate surface area is 705 Å². The molecule has 34 heteroatoms. The third kappa shape index (κ3) is 73.2. The Balaban J connectivity index is -0.00000209. The molecule has 0 aliphatic rings. The molecule has 0 radical (unpaired) electrons. The number of nitrogens with one attached hydrogen (secondary N) is 8. The number of Topliss-reactive ketones (excluding diaryl/α,β-unsaturated/α-hetero) is 3. The van der Waals surface area contributed by atoms with Gasteiger partial charge in [0.15, 0.2) is 0 Å². The molecule has 0 fully saturated rings. The lowest BCUT2D eigenvalue weighted by molar-refractivity contribution is -0.143. The van der Waals surface area contributed by atoms with E-state index in [1.165, 1.54) is 6.92 Å². The fourth-order valence-electron chi connectivity index (χ4n) is 11.9. The van der Waals surface area contributed by atoms with Crippen LogP contribution in [0.15, 0.2) is 0 Å². The summed E-state index contributed by atoms with van der Waals surface area (Å²) in [5.74, 6) is -10.1. The minimum atomic E-state index is -1.37. The van der Waals surface area contributed by atoms with Crippen molar-refractivity contribution in [2.24, 2.45) is 28.5 Å². The van der Waals surface area contributed by atoms with Crippen LogP contribution in [0, 0.1) is 11.3 Å². The van der Waals surface area contributed by atoms with Gasteiger partial charge in [-0.25, -0.2) is 19.2 Å². The summed E-state index contributed by atoms with van der Waals surface area (Å²) in [4.78, 5) is 199. The molecule has 0 heterocycles. The highest BCUT2D eigenvalue weighted by Crippen LogP contribution is 2.18. The highest BCUT2D eigenvalue weighted by Gasteiger charge is 2.28. The fraction of sp³-hybridized carbons (Fsp3) is 0.800. The van der Waals surface area contributed by atoms with Gasteiger partial charge in [-0.15, -0.1) is 0 Å². The van der Waals surface area contributed by atoms with E-state index in [1.807, 2.05) is 27.7 Å². The van der Waals surface area contributed by atoms with Crippen molar-refractivity contribution in [3.05, 3.63) is 0 Å². The highest BCUT2D eigenvalue weighted by atomic mass is 16.4. The van der Waals surface area contributed by atoms with E-state index in [9.17, 15) is 102 Å². The standard InChI is InChI=1S/C40H71N5O11.C39H70N6O11.C6H12O/c1-29(30(2)46)19-15-17-28-43-38(52)31(41)20-16-18-27-42-34(47)25-23-32(39(53)54)45-36(49)26-24-33(40(55)56)44-35(48)21-13-11-9-7-5-3-4-6-8-10-12-14-22-37(50)51;1-28(46)29(40)18-14-17-27-43-37(52)30(41)19-15-16-26-42-33(47)24-22-31(38(53)54)45-35(49)25-23-32(39(55)56)44-34(48)20-12-10-8-6-4-2-3-5-7-9-11-13-21-36(50)51;1-5(7)6(2,3)4/h29,31-33H,3-28,41H2,1-2H3,(H,42,47)(H,43,52)(H,44,48)(H,45,49)(H,50,51)(H,53,54)(H,55,56);29-32H,2-27,40-41H2,1H3,(H,42,47)(H,43,52)(H,44,48)(H,45,49)(H,50,51)(H,53,54)(H,55,56);1-4H3/t29-,31-,32-,33-;29-,30-,31-,32-;/m00./s1. The largest absolute Gasteiger partial charge is 0.481 e. The molecule has 686 valence electrons. The van der Waals surface area contributed by atoms with E-state index in [1.54, 1.807) is 13.8 Å². The van der Waals surface area contributed by atoms with Crippen LogP contribution < -0.4 is 59.7 Å². The van der Waals surface area contributed by atoms with E-state index in [2.05, 4.69) is 42.5 Å². The molecule has 34 nitrogen and oxygen atoms in total. The molecule has 0 aromatic heterocycles. The van der Waals surface area contributed by atoms with Gasteiger partial charge in [0.25, 0.3) is 0 Å². The number of carbonyl (C=O) groups excluding carboxylic acids is 11. The minimum Gasteiger partial charge on any atom is -0.481 e. The van der Waals surface area contributed by atoms with Crippen molar-refractivity contribution in [3.63, 3.8) is 0 Å². The van der Waals surface area contributed by atoms with E-state index in [4.69, 9.17) is 27.4 Å². The van der Waals surface area contributed by atoms with E-state index >= 15 is 0 Å². The van der Waals surface area contributed by atoms with Crippen LogP contribution in [0.2, 0.25) is 0 Å². The zero-order valence-electron chi connectivity index (χ0n) is 72.7. The number of carbonyl (C=O) groups is 17. The smallest absolute Gasteiger partial charge is 0.326 e. The predicted octanol–water partition coefficient (Wildman–Crippen LogP) is 9.03. The maximum atomic E-state index is 12.5. The fourth-order valence-corrected chi connectivity index (χ4v) is 11.9. The molecular weight excluding hydrogens is 1540 g/mol. The molecule has 0 aromatic rings. The van der Waals surface area contributed by atoms with Crippen LogP contribution in [-0.4, -0.2) is 200 Å². The number of unbranched alkanes of at least 4 members (excludes halogenated alkanes) is 26. The Morgan fingerprint density at radius 3 is 0.714 bits per heavy atom. The van der Waals surface area contributed by atoms with Crippen LogP contribution in [0.1, 0.15) is 357 Å². The first-order chi connectivity index (χ1) is 56.2. The van der Waals surface area contributed by atoms with Gasteiger partial charge in [0, 0.05) is 88.9 Å². The lowest BCUT2D eigenvalue weighted by Gasteiger charge is -2.17. The second-order valence-electron chi connectivity index (χ2n) is 32.3. The van der Waals surface area contributed by atoms with Gasteiger partial charge in [-0.3, -0.25) is 62.3 Å². The molecule has 0 saturated heterocycles. The predicted molar refractivity (Wildman–Crippen MR) is 452 cm³/mol. The van der Waals surface area contributed by atoms with Crippen molar-refractivity contribution in [2.75, 3.05) is 26.2 Å². The van der Waals surface area contributed by atoms with Gasteiger partial charge < -0.3 is 90.4 Å². The molecule has 0 bridgehead atoms. The Hall–Kier alpha value is -8.53. The van der Waals surface area contributed by atoms with Gasteiger partial charge in [-0.2, -0.15) is 0 Å². The average molecular weight is 1700 g/mol. The topological polar surface area (TPSA) is 586 Å².